The van der Waals surface area contributed by atoms with E-state index in [4.69, 9.17) is 4.74 Å². The Morgan fingerprint density at radius 1 is 1.18 bits per heavy atom. The first-order valence-electron chi connectivity index (χ1n) is 5.47. The van der Waals surface area contributed by atoms with Gasteiger partial charge in [-0.05, 0) is 30.0 Å². The molecule has 5 heteroatoms. The molecular weight excluding hydrogens is 222 g/mol. The molecule has 0 bridgehead atoms. The van der Waals surface area contributed by atoms with Gasteiger partial charge in [0.25, 0.3) is 0 Å². The van der Waals surface area contributed by atoms with Crippen LogP contribution < -0.4 is 4.74 Å². The molecule has 0 amide bonds. The van der Waals surface area contributed by atoms with Crippen molar-refractivity contribution in [3.05, 3.63) is 33.4 Å². The summed E-state index contributed by atoms with van der Waals surface area (Å²) in [4.78, 5) is 21.8. The maximum absolute atomic E-state index is 11.4. The molecular formula is C12H13NO4. The van der Waals surface area contributed by atoms with Crippen LogP contribution in [0.15, 0.2) is 12.1 Å². The quantitative estimate of drug-likeness (QED) is 0.447. The molecule has 0 radical (unpaired) electrons. The SMILES string of the molecule is COc1cc2c(cc1[N+](=O)[O-])CCC(=O)CC2. The van der Waals surface area contributed by atoms with Crippen LogP contribution in [-0.4, -0.2) is 17.8 Å². The Balaban J connectivity index is 2.47. The highest BCUT2D eigenvalue weighted by molar-refractivity contribution is 5.79. The largest absolute Gasteiger partial charge is 0.490 e. The number of aryl methyl sites for hydroxylation is 2. The van der Waals surface area contributed by atoms with Gasteiger partial charge in [-0.15, -0.1) is 0 Å². The summed E-state index contributed by atoms with van der Waals surface area (Å²) in [5, 5.41) is 10.9. The van der Waals surface area contributed by atoms with Crippen LogP contribution in [0.1, 0.15) is 24.0 Å². The molecule has 1 aromatic rings. The Kier molecular flexibility index (Phi) is 3.08. The number of benzene rings is 1. The van der Waals surface area contributed by atoms with Crippen molar-refractivity contribution in [2.75, 3.05) is 7.11 Å². The standard InChI is InChI=1S/C12H13NO4/c1-17-12-7-9-3-5-10(14)4-2-8(9)6-11(12)13(15)16/h6-7H,2-5H2,1H3. The maximum atomic E-state index is 11.4. The zero-order chi connectivity index (χ0) is 12.4. The Labute approximate surface area is 98.5 Å². The average Bonchev–Trinajstić information content (AvgIpc) is 2.50. The van der Waals surface area contributed by atoms with Gasteiger partial charge in [-0.25, -0.2) is 0 Å². The Morgan fingerprint density at radius 3 is 2.29 bits per heavy atom. The predicted molar refractivity (Wildman–Crippen MR) is 61.3 cm³/mol. The molecule has 0 fully saturated rings. The Bertz CT molecular complexity index is 482. The normalized spacial score (nSPS) is 15.0. The van der Waals surface area contributed by atoms with Crippen molar-refractivity contribution in [3.8, 4) is 5.75 Å². The van der Waals surface area contributed by atoms with Crippen LogP contribution in [0.3, 0.4) is 0 Å². The molecule has 0 spiro atoms. The van der Waals surface area contributed by atoms with Gasteiger partial charge in [0, 0.05) is 18.9 Å². The monoisotopic (exact) mass is 235 g/mol. The van der Waals surface area contributed by atoms with E-state index in [2.05, 4.69) is 0 Å². The zero-order valence-corrected chi connectivity index (χ0v) is 9.56. The number of nitro groups is 1. The lowest BCUT2D eigenvalue weighted by molar-refractivity contribution is -0.385. The van der Waals surface area contributed by atoms with Crippen molar-refractivity contribution >= 4 is 11.5 Å². The molecule has 1 aliphatic rings. The van der Waals surface area contributed by atoms with E-state index in [0.29, 0.717) is 25.7 Å². The van der Waals surface area contributed by atoms with Gasteiger partial charge < -0.3 is 4.74 Å². The summed E-state index contributed by atoms with van der Waals surface area (Å²) in [7, 11) is 1.41. The van der Waals surface area contributed by atoms with Crippen LogP contribution >= 0.6 is 0 Å². The molecule has 0 saturated carbocycles. The van der Waals surface area contributed by atoms with Crippen LogP contribution in [0.5, 0.6) is 5.75 Å². The molecule has 0 saturated heterocycles. The minimum Gasteiger partial charge on any atom is -0.490 e. The van der Waals surface area contributed by atoms with Gasteiger partial charge in [0.2, 0.25) is 0 Å². The number of hydrogen-bond donors (Lipinski definition) is 0. The molecule has 0 aliphatic heterocycles. The summed E-state index contributed by atoms with van der Waals surface area (Å²) in [5.74, 6) is 0.478. The molecule has 2 rings (SSSR count). The number of ether oxygens (including phenoxy) is 1. The molecule has 0 atom stereocenters. The Morgan fingerprint density at radius 2 is 1.76 bits per heavy atom. The first-order valence-corrected chi connectivity index (χ1v) is 5.47. The van der Waals surface area contributed by atoms with Crippen molar-refractivity contribution in [1.29, 1.82) is 0 Å². The van der Waals surface area contributed by atoms with Gasteiger partial charge in [-0.3, -0.25) is 14.9 Å². The third kappa shape index (κ3) is 2.27. The van der Waals surface area contributed by atoms with Gasteiger partial charge in [0.15, 0.2) is 5.75 Å². The fourth-order valence-electron chi connectivity index (χ4n) is 2.10. The zero-order valence-electron chi connectivity index (χ0n) is 9.56. The topological polar surface area (TPSA) is 69.4 Å². The highest BCUT2D eigenvalue weighted by Gasteiger charge is 2.21. The van der Waals surface area contributed by atoms with Crippen LogP contribution in [0, 0.1) is 10.1 Å². The number of fused-ring (bicyclic) bond motifs is 1. The summed E-state index contributed by atoms with van der Waals surface area (Å²) >= 11 is 0. The van der Waals surface area contributed by atoms with Crippen molar-refractivity contribution in [3.63, 3.8) is 0 Å². The van der Waals surface area contributed by atoms with Crippen molar-refractivity contribution in [2.45, 2.75) is 25.7 Å². The molecule has 17 heavy (non-hydrogen) atoms. The number of ketones is 1. The summed E-state index contributed by atoms with van der Waals surface area (Å²) in [6, 6.07) is 3.22. The summed E-state index contributed by atoms with van der Waals surface area (Å²) in [6.45, 7) is 0. The number of rotatable bonds is 2. The fraction of sp³-hybridized carbons (Fsp3) is 0.417. The summed E-state index contributed by atoms with van der Waals surface area (Å²) in [5.41, 5.74) is 1.85. The van der Waals surface area contributed by atoms with Gasteiger partial charge >= 0.3 is 5.69 Å². The number of hydrogen-bond acceptors (Lipinski definition) is 4. The highest BCUT2D eigenvalue weighted by atomic mass is 16.6. The summed E-state index contributed by atoms with van der Waals surface area (Å²) < 4.78 is 5.01. The highest BCUT2D eigenvalue weighted by Crippen LogP contribution is 2.32. The second kappa shape index (κ2) is 4.53. The Hall–Kier alpha value is -1.91. The molecule has 0 unspecified atom stereocenters. The van der Waals surface area contributed by atoms with Crippen LogP contribution in [-0.2, 0) is 17.6 Å². The van der Waals surface area contributed by atoms with Crippen LogP contribution in [0.25, 0.3) is 0 Å². The van der Waals surface area contributed by atoms with Crippen molar-refractivity contribution in [1.82, 2.24) is 0 Å². The first kappa shape index (κ1) is 11.6. The third-order valence-corrected chi connectivity index (χ3v) is 3.04. The average molecular weight is 235 g/mol. The molecule has 0 N–H and O–H groups in total. The van der Waals surface area contributed by atoms with Crippen molar-refractivity contribution < 1.29 is 14.5 Å². The predicted octanol–water partition coefficient (Wildman–Crippen LogP) is 2.05. The molecule has 1 aromatic carbocycles. The van der Waals surface area contributed by atoms with Crippen LogP contribution in [0.2, 0.25) is 0 Å². The van der Waals surface area contributed by atoms with Gasteiger partial charge in [-0.1, -0.05) is 0 Å². The number of carbonyl (C=O) groups is 1. The minimum atomic E-state index is -0.453. The third-order valence-electron chi connectivity index (χ3n) is 3.04. The van der Waals surface area contributed by atoms with E-state index in [1.807, 2.05) is 0 Å². The van der Waals surface area contributed by atoms with Gasteiger partial charge in [-0.2, -0.15) is 0 Å². The molecule has 0 aromatic heterocycles. The van der Waals surface area contributed by atoms with E-state index in [0.717, 1.165) is 11.1 Å². The lowest BCUT2D eigenvalue weighted by Gasteiger charge is -2.08. The molecule has 90 valence electrons. The molecule has 5 nitrogen and oxygen atoms in total. The second-order valence-corrected chi connectivity index (χ2v) is 4.09. The molecule has 0 heterocycles. The fourth-order valence-corrected chi connectivity index (χ4v) is 2.10. The number of nitro benzene ring substituents is 1. The summed E-state index contributed by atoms with van der Waals surface area (Å²) in [6.07, 6.45) is 2.20. The van der Waals surface area contributed by atoms with Crippen LogP contribution in [0.4, 0.5) is 5.69 Å². The van der Waals surface area contributed by atoms with E-state index < -0.39 is 4.92 Å². The second-order valence-electron chi connectivity index (χ2n) is 4.09. The van der Waals surface area contributed by atoms with Gasteiger partial charge in [0.05, 0.1) is 12.0 Å². The smallest absolute Gasteiger partial charge is 0.311 e. The number of nitrogens with zero attached hydrogens (tertiary/aromatic N) is 1. The minimum absolute atomic E-state index is 0.0272. The van der Waals surface area contributed by atoms with E-state index >= 15 is 0 Å². The van der Waals surface area contributed by atoms with E-state index in [1.165, 1.54) is 13.2 Å². The van der Waals surface area contributed by atoms with Crippen molar-refractivity contribution in [2.24, 2.45) is 0 Å². The number of carbonyl (C=O) groups excluding carboxylic acids is 1. The maximum Gasteiger partial charge on any atom is 0.311 e. The molecule has 1 aliphatic carbocycles. The van der Waals surface area contributed by atoms with E-state index in [1.54, 1.807) is 6.07 Å². The van der Waals surface area contributed by atoms with E-state index in [-0.39, 0.29) is 17.2 Å². The lowest BCUT2D eigenvalue weighted by atomic mass is 10.0. The lowest BCUT2D eigenvalue weighted by Crippen LogP contribution is -1.99. The van der Waals surface area contributed by atoms with Gasteiger partial charge in [0.1, 0.15) is 5.78 Å². The number of Topliss-reactive ketones (excluding diaryl/α,β-unsaturated/α-hetero) is 1. The first-order chi connectivity index (χ1) is 8.11. The number of methoxy groups -OCH3 is 1. The van der Waals surface area contributed by atoms with E-state index in [9.17, 15) is 14.9 Å².